The molecule has 0 N–H and O–H groups in total. The predicted molar refractivity (Wildman–Crippen MR) is 42.6 cm³/mol. The Morgan fingerprint density at radius 1 is 1.57 bits per heavy atom. The lowest BCUT2D eigenvalue weighted by molar-refractivity contribution is 0.608. The Morgan fingerprint density at radius 3 is 2.00 bits per heavy atom. The van der Waals surface area contributed by atoms with Gasteiger partial charge in [0.2, 0.25) is 0 Å². The summed E-state index contributed by atoms with van der Waals surface area (Å²) in [5.41, 5.74) is 0. The standard InChI is InChI=1S/C6H12I/c1-5(2)4-6(3)7/h5-6H,3-4H2,1-2H3. The van der Waals surface area contributed by atoms with Crippen molar-refractivity contribution < 1.29 is 0 Å². The van der Waals surface area contributed by atoms with Crippen molar-refractivity contribution in [3.8, 4) is 0 Å². The van der Waals surface area contributed by atoms with Crippen LogP contribution in [-0.4, -0.2) is 3.92 Å². The fourth-order valence-electron chi connectivity index (χ4n) is 0.512. The van der Waals surface area contributed by atoms with Gasteiger partial charge in [-0.05, 0) is 19.3 Å². The summed E-state index contributed by atoms with van der Waals surface area (Å²) in [5.74, 6) is 0.805. The first-order valence-corrected chi connectivity index (χ1v) is 3.84. The van der Waals surface area contributed by atoms with E-state index in [2.05, 4.69) is 43.4 Å². The lowest BCUT2D eigenvalue weighted by atomic mass is 10.1. The highest BCUT2D eigenvalue weighted by atomic mass is 127. The smallest absolute Gasteiger partial charge is 0.0112 e. The Labute approximate surface area is 59.8 Å². The van der Waals surface area contributed by atoms with E-state index in [0.29, 0.717) is 3.92 Å². The van der Waals surface area contributed by atoms with Crippen LogP contribution >= 0.6 is 22.6 Å². The minimum atomic E-state index is 0.595. The fourth-order valence-corrected chi connectivity index (χ4v) is 1.53. The molecule has 0 aromatic rings. The van der Waals surface area contributed by atoms with Gasteiger partial charge in [0.25, 0.3) is 0 Å². The van der Waals surface area contributed by atoms with Crippen LogP contribution in [0.4, 0.5) is 0 Å². The van der Waals surface area contributed by atoms with E-state index >= 15 is 0 Å². The maximum absolute atomic E-state index is 3.87. The lowest BCUT2D eigenvalue weighted by Gasteiger charge is -2.03. The van der Waals surface area contributed by atoms with E-state index in [-0.39, 0.29) is 0 Å². The number of rotatable bonds is 2. The Kier molecular flexibility index (Phi) is 4.08. The summed E-state index contributed by atoms with van der Waals surface area (Å²) in [6.07, 6.45) is 1.24. The molecule has 0 aliphatic carbocycles. The van der Waals surface area contributed by atoms with E-state index in [9.17, 15) is 0 Å². The molecule has 0 aliphatic heterocycles. The van der Waals surface area contributed by atoms with Gasteiger partial charge < -0.3 is 0 Å². The zero-order valence-corrected chi connectivity index (χ0v) is 7.10. The third-order valence-electron chi connectivity index (χ3n) is 0.727. The van der Waals surface area contributed by atoms with Crippen LogP contribution in [0, 0.1) is 12.8 Å². The lowest BCUT2D eigenvalue weighted by Crippen LogP contribution is -1.95. The molecule has 1 heteroatoms. The Hall–Kier alpha value is 0.730. The molecule has 0 aromatic heterocycles. The number of alkyl halides is 1. The highest BCUT2D eigenvalue weighted by Crippen LogP contribution is 2.10. The van der Waals surface area contributed by atoms with E-state index < -0.39 is 0 Å². The van der Waals surface area contributed by atoms with Crippen LogP contribution in [0.15, 0.2) is 0 Å². The van der Waals surface area contributed by atoms with Crippen LogP contribution in [0.1, 0.15) is 20.3 Å². The van der Waals surface area contributed by atoms with Crippen molar-refractivity contribution in [2.75, 3.05) is 0 Å². The van der Waals surface area contributed by atoms with Crippen molar-refractivity contribution in [1.29, 1.82) is 0 Å². The summed E-state index contributed by atoms with van der Waals surface area (Å²) in [6, 6.07) is 0. The van der Waals surface area contributed by atoms with Crippen LogP contribution in [-0.2, 0) is 0 Å². The fraction of sp³-hybridized carbons (Fsp3) is 0.833. The SMILES string of the molecule is [CH2]C(I)CC(C)C. The molecule has 1 unspecified atom stereocenters. The van der Waals surface area contributed by atoms with Gasteiger partial charge in [-0.15, -0.1) is 0 Å². The molecule has 0 spiro atoms. The van der Waals surface area contributed by atoms with E-state index in [0.717, 1.165) is 5.92 Å². The van der Waals surface area contributed by atoms with Crippen molar-refractivity contribution in [1.82, 2.24) is 0 Å². The van der Waals surface area contributed by atoms with Gasteiger partial charge in [0, 0.05) is 3.92 Å². The average molecular weight is 211 g/mol. The molecule has 1 radical (unpaired) electrons. The molecule has 0 fully saturated rings. The molecule has 7 heavy (non-hydrogen) atoms. The minimum absolute atomic E-state index is 0.595. The Balaban J connectivity index is 2.95. The topological polar surface area (TPSA) is 0 Å². The molecule has 0 saturated carbocycles. The average Bonchev–Trinajstić information content (AvgIpc) is 1.27. The normalized spacial score (nSPS) is 15.0. The molecule has 0 heterocycles. The maximum atomic E-state index is 3.87. The summed E-state index contributed by atoms with van der Waals surface area (Å²) in [6.45, 7) is 8.30. The van der Waals surface area contributed by atoms with Crippen LogP contribution < -0.4 is 0 Å². The summed E-state index contributed by atoms with van der Waals surface area (Å²) in [5, 5.41) is 0. The number of hydrogen-bond acceptors (Lipinski definition) is 0. The molecule has 0 nitrogen and oxygen atoms in total. The van der Waals surface area contributed by atoms with Gasteiger partial charge in [-0.2, -0.15) is 0 Å². The van der Waals surface area contributed by atoms with Gasteiger partial charge >= 0.3 is 0 Å². The zero-order valence-electron chi connectivity index (χ0n) is 4.95. The first-order valence-electron chi connectivity index (χ1n) is 2.60. The summed E-state index contributed by atoms with van der Waals surface area (Å²) in [7, 11) is 0. The van der Waals surface area contributed by atoms with E-state index in [1.54, 1.807) is 0 Å². The first-order chi connectivity index (χ1) is 3.13. The number of halogens is 1. The number of hydrogen-bond donors (Lipinski definition) is 0. The molecule has 0 saturated heterocycles. The molecule has 0 rings (SSSR count). The zero-order chi connectivity index (χ0) is 5.86. The second kappa shape index (κ2) is 3.70. The quantitative estimate of drug-likeness (QED) is 0.486. The maximum Gasteiger partial charge on any atom is 0.0112 e. The second-order valence-electron chi connectivity index (χ2n) is 2.23. The molecule has 0 aromatic carbocycles. The second-order valence-corrected chi connectivity index (χ2v) is 3.99. The molecule has 43 valence electrons. The largest absolute Gasteiger partial charge is 0.0826 e. The van der Waals surface area contributed by atoms with Gasteiger partial charge in [0.15, 0.2) is 0 Å². The third kappa shape index (κ3) is 6.73. The summed E-state index contributed by atoms with van der Waals surface area (Å²) >= 11 is 2.35. The van der Waals surface area contributed by atoms with Gasteiger partial charge in [-0.25, -0.2) is 0 Å². The van der Waals surface area contributed by atoms with E-state index in [1.807, 2.05) is 0 Å². The predicted octanol–water partition coefficient (Wildman–Crippen LogP) is 2.67. The van der Waals surface area contributed by atoms with Crippen LogP contribution in [0.2, 0.25) is 0 Å². The van der Waals surface area contributed by atoms with Crippen LogP contribution in [0.3, 0.4) is 0 Å². The monoisotopic (exact) mass is 211 g/mol. The van der Waals surface area contributed by atoms with Crippen LogP contribution in [0.25, 0.3) is 0 Å². The van der Waals surface area contributed by atoms with Crippen LogP contribution in [0.5, 0.6) is 0 Å². The molecule has 0 amide bonds. The first kappa shape index (κ1) is 7.73. The van der Waals surface area contributed by atoms with Gasteiger partial charge in [0.1, 0.15) is 0 Å². The van der Waals surface area contributed by atoms with E-state index in [1.165, 1.54) is 6.42 Å². The molecule has 0 aliphatic rings. The molecule has 0 bridgehead atoms. The third-order valence-corrected chi connectivity index (χ3v) is 1.24. The summed E-state index contributed by atoms with van der Waals surface area (Å²) in [4.78, 5) is 0. The van der Waals surface area contributed by atoms with Crippen molar-refractivity contribution >= 4 is 22.6 Å². The van der Waals surface area contributed by atoms with Crippen molar-refractivity contribution in [2.24, 2.45) is 5.92 Å². The Bertz CT molecular complexity index is 33.4. The Morgan fingerprint density at radius 2 is 2.00 bits per heavy atom. The molecular formula is C6H12I. The van der Waals surface area contributed by atoms with Crippen molar-refractivity contribution in [3.63, 3.8) is 0 Å². The van der Waals surface area contributed by atoms with Gasteiger partial charge in [0.05, 0.1) is 0 Å². The van der Waals surface area contributed by atoms with Gasteiger partial charge in [-0.3, -0.25) is 0 Å². The highest BCUT2D eigenvalue weighted by molar-refractivity contribution is 14.1. The van der Waals surface area contributed by atoms with E-state index in [4.69, 9.17) is 0 Å². The molecule has 1 atom stereocenters. The highest BCUT2D eigenvalue weighted by Gasteiger charge is 1.97. The summed E-state index contributed by atoms with van der Waals surface area (Å²) < 4.78 is 0.595. The van der Waals surface area contributed by atoms with Crippen molar-refractivity contribution in [2.45, 2.75) is 24.2 Å². The minimum Gasteiger partial charge on any atom is -0.0826 e. The van der Waals surface area contributed by atoms with Crippen molar-refractivity contribution in [3.05, 3.63) is 6.92 Å². The van der Waals surface area contributed by atoms with Gasteiger partial charge in [-0.1, -0.05) is 36.4 Å². The molecular weight excluding hydrogens is 199 g/mol.